The molecule has 3 aromatic carbocycles. The number of fused-ring (bicyclic) bond motifs is 3. The summed E-state index contributed by atoms with van der Waals surface area (Å²) in [6, 6.07) is 26.4. The summed E-state index contributed by atoms with van der Waals surface area (Å²) in [5.74, 6) is 0.396. The van der Waals surface area contributed by atoms with Gasteiger partial charge in [-0.1, -0.05) is 82.7 Å². The van der Waals surface area contributed by atoms with E-state index in [4.69, 9.17) is 0 Å². The topological polar surface area (TPSA) is 3.24 Å². The minimum absolute atomic E-state index is 0.329. The Bertz CT molecular complexity index is 1020. The summed E-state index contributed by atoms with van der Waals surface area (Å²) in [4.78, 5) is 2.47. The third kappa shape index (κ3) is 2.53. The SMILES string of the molecule is Brc1ccc2c(c1)C1C=CC=CC1N2c1cccc(-c2ccccc2)c1. The molecule has 0 aromatic heterocycles. The molecule has 2 unspecified atom stereocenters. The molecule has 0 N–H and O–H groups in total. The maximum atomic E-state index is 3.64. The number of hydrogen-bond donors (Lipinski definition) is 0. The molecule has 1 aliphatic heterocycles. The van der Waals surface area contributed by atoms with Gasteiger partial charge in [-0.2, -0.15) is 0 Å². The molecule has 1 aliphatic carbocycles. The van der Waals surface area contributed by atoms with Gasteiger partial charge in [0, 0.05) is 21.8 Å². The zero-order valence-corrected chi connectivity index (χ0v) is 15.8. The van der Waals surface area contributed by atoms with Gasteiger partial charge >= 0.3 is 0 Å². The van der Waals surface area contributed by atoms with Crippen LogP contribution < -0.4 is 4.90 Å². The number of allylic oxidation sites excluding steroid dienone is 2. The first kappa shape index (κ1) is 15.7. The van der Waals surface area contributed by atoms with Gasteiger partial charge in [0.05, 0.1) is 6.04 Å². The summed E-state index contributed by atoms with van der Waals surface area (Å²) in [5, 5.41) is 0. The predicted octanol–water partition coefficient (Wildman–Crippen LogP) is 6.85. The molecule has 0 saturated heterocycles. The lowest BCUT2D eigenvalue weighted by molar-refractivity contribution is 0.744. The lowest BCUT2D eigenvalue weighted by Crippen LogP contribution is -2.28. The van der Waals surface area contributed by atoms with Crippen molar-refractivity contribution < 1.29 is 0 Å². The second-order valence-electron chi connectivity index (χ2n) is 6.78. The van der Waals surface area contributed by atoms with Crippen molar-refractivity contribution in [1.29, 1.82) is 0 Å². The minimum atomic E-state index is 0.329. The maximum Gasteiger partial charge on any atom is 0.0629 e. The molecule has 26 heavy (non-hydrogen) atoms. The van der Waals surface area contributed by atoms with E-state index >= 15 is 0 Å². The first-order valence-electron chi connectivity index (χ1n) is 8.90. The van der Waals surface area contributed by atoms with Crippen molar-refractivity contribution in [1.82, 2.24) is 0 Å². The van der Waals surface area contributed by atoms with E-state index in [0.29, 0.717) is 12.0 Å². The van der Waals surface area contributed by atoms with Gasteiger partial charge in [0.2, 0.25) is 0 Å². The summed E-state index contributed by atoms with van der Waals surface area (Å²) >= 11 is 3.64. The van der Waals surface area contributed by atoms with Crippen molar-refractivity contribution in [2.75, 3.05) is 4.90 Å². The summed E-state index contributed by atoms with van der Waals surface area (Å²) in [7, 11) is 0. The van der Waals surface area contributed by atoms with Gasteiger partial charge in [0.15, 0.2) is 0 Å². The largest absolute Gasteiger partial charge is 0.333 e. The molecular weight excluding hydrogens is 382 g/mol. The first-order chi connectivity index (χ1) is 12.8. The fraction of sp³-hybridized carbons (Fsp3) is 0.0833. The molecule has 0 amide bonds. The third-order valence-electron chi connectivity index (χ3n) is 5.24. The van der Waals surface area contributed by atoms with Crippen molar-refractivity contribution in [3.8, 4) is 11.1 Å². The van der Waals surface area contributed by atoms with Crippen LogP contribution in [0.2, 0.25) is 0 Å². The van der Waals surface area contributed by atoms with Crippen LogP contribution in [0.3, 0.4) is 0 Å². The van der Waals surface area contributed by atoms with Gasteiger partial charge in [-0.05, 0) is 47.0 Å². The first-order valence-corrected chi connectivity index (χ1v) is 9.70. The Labute approximate surface area is 162 Å². The summed E-state index contributed by atoms with van der Waals surface area (Å²) in [6.45, 7) is 0. The van der Waals surface area contributed by atoms with E-state index in [1.54, 1.807) is 0 Å². The highest BCUT2D eigenvalue weighted by atomic mass is 79.9. The van der Waals surface area contributed by atoms with Crippen molar-refractivity contribution in [2.24, 2.45) is 0 Å². The van der Waals surface area contributed by atoms with E-state index < -0.39 is 0 Å². The zero-order valence-electron chi connectivity index (χ0n) is 14.2. The molecule has 1 nitrogen and oxygen atoms in total. The van der Waals surface area contributed by atoms with Crippen LogP contribution in [0.15, 0.2) is 102 Å². The molecule has 5 rings (SSSR count). The molecule has 2 atom stereocenters. The van der Waals surface area contributed by atoms with Crippen molar-refractivity contribution >= 4 is 27.3 Å². The number of benzene rings is 3. The second kappa shape index (κ2) is 6.30. The predicted molar refractivity (Wildman–Crippen MR) is 113 cm³/mol. The van der Waals surface area contributed by atoms with Crippen LogP contribution in [0.1, 0.15) is 11.5 Å². The monoisotopic (exact) mass is 399 g/mol. The van der Waals surface area contributed by atoms with Crippen LogP contribution >= 0.6 is 15.9 Å². The molecule has 0 bridgehead atoms. The second-order valence-corrected chi connectivity index (χ2v) is 7.69. The van der Waals surface area contributed by atoms with E-state index in [-0.39, 0.29) is 0 Å². The van der Waals surface area contributed by atoms with Crippen LogP contribution in [0, 0.1) is 0 Å². The van der Waals surface area contributed by atoms with Crippen LogP contribution in [0.5, 0.6) is 0 Å². The standard InChI is InChI=1S/C24H18BrN/c25-19-13-14-24-22(16-19)21-11-4-5-12-23(21)26(24)20-10-6-9-18(15-20)17-7-2-1-3-8-17/h1-16,21,23H. The Balaban J connectivity index is 1.64. The maximum absolute atomic E-state index is 3.64. The Morgan fingerprint density at radius 2 is 1.54 bits per heavy atom. The minimum Gasteiger partial charge on any atom is -0.333 e. The van der Waals surface area contributed by atoms with Gasteiger partial charge in [0.1, 0.15) is 0 Å². The van der Waals surface area contributed by atoms with Crippen molar-refractivity contribution in [2.45, 2.75) is 12.0 Å². The lowest BCUT2D eigenvalue weighted by Gasteiger charge is -2.29. The lowest BCUT2D eigenvalue weighted by atomic mass is 9.91. The fourth-order valence-electron chi connectivity index (χ4n) is 4.08. The van der Waals surface area contributed by atoms with Crippen molar-refractivity contribution in [3.63, 3.8) is 0 Å². The van der Waals surface area contributed by atoms with E-state index in [0.717, 1.165) is 4.47 Å². The van der Waals surface area contributed by atoms with Gasteiger partial charge in [-0.25, -0.2) is 0 Å². The number of hydrogen-bond acceptors (Lipinski definition) is 1. The molecule has 2 heteroatoms. The molecule has 1 heterocycles. The Morgan fingerprint density at radius 3 is 2.42 bits per heavy atom. The summed E-state index contributed by atoms with van der Waals surface area (Å²) in [6.07, 6.45) is 8.95. The van der Waals surface area contributed by atoms with Gasteiger partial charge in [-0.15, -0.1) is 0 Å². The van der Waals surface area contributed by atoms with Gasteiger partial charge in [-0.3, -0.25) is 0 Å². The molecule has 0 radical (unpaired) electrons. The quantitative estimate of drug-likeness (QED) is 0.455. The highest BCUT2D eigenvalue weighted by Gasteiger charge is 2.37. The van der Waals surface area contributed by atoms with Crippen molar-refractivity contribution in [3.05, 3.63) is 107 Å². The van der Waals surface area contributed by atoms with Crippen LogP contribution in [-0.4, -0.2) is 6.04 Å². The normalized spacial score (nSPS) is 20.1. The number of halogens is 1. The van der Waals surface area contributed by atoms with E-state index in [1.807, 2.05) is 0 Å². The number of rotatable bonds is 2. The van der Waals surface area contributed by atoms with E-state index in [1.165, 1.54) is 28.1 Å². The average Bonchev–Trinajstić information content (AvgIpc) is 3.02. The molecule has 0 fully saturated rings. The Hall–Kier alpha value is -2.58. The smallest absolute Gasteiger partial charge is 0.0629 e. The van der Waals surface area contributed by atoms with E-state index in [9.17, 15) is 0 Å². The molecule has 3 aromatic rings. The van der Waals surface area contributed by atoms with Gasteiger partial charge in [0.25, 0.3) is 0 Å². The Morgan fingerprint density at radius 1 is 0.731 bits per heavy atom. The average molecular weight is 400 g/mol. The number of anilines is 2. The van der Waals surface area contributed by atoms with Crippen LogP contribution in [0.4, 0.5) is 11.4 Å². The zero-order chi connectivity index (χ0) is 17.5. The highest BCUT2D eigenvalue weighted by Crippen LogP contribution is 2.48. The summed E-state index contributed by atoms with van der Waals surface area (Å²) < 4.78 is 1.14. The molecule has 0 spiro atoms. The molecular formula is C24H18BrN. The third-order valence-corrected chi connectivity index (χ3v) is 5.74. The highest BCUT2D eigenvalue weighted by molar-refractivity contribution is 9.10. The molecule has 2 aliphatic rings. The molecule has 0 saturated carbocycles. The van der Waals surface area contributed by atoms with Crippen LogP contribution in [-0.2, 0) is 0 Å². The fourth-order valence-corrected chi connectivity index (χ4v) is 4.46. The van der Waals surface area contributed by atoms with E-state index in [2.05, 4.69) is 118 Å². The Kier molecular flexibility index (Phi) is 3.79. The molecule has 126 valence electrons. The van der Waals surface area contributed by atoms with Crippen LogP contribution in [0.25, 0.3) is 11.1 Å². The summed E-state index contributed by atoms with van der Waals surface area (Å²) in [5.41, 5.74) is 6.42. The number of nitrogens with zero attached hydrogens (tertiary/aromatic N) is 1. The van der Waals surface area contributed by atoms with Gasteiger partial charge < -0.3 is 4.90 Å².